The Hall–Kier alpha value is -2.10. The average Bonchev–Trinajstić information content (AvgIpc) is 2.51. The molecule has 1 amide bonds. The number of hydrogen-bond acceptors (Lipinski definition) is 2. The molecule has 1 aromatic carbocycles. The number of hydrogen-bond donors (Lipinski definition) is 0. The zero-order valence-electron chi connectivity index (χ0n) is 11.6. The second-order valence-electron chi connectivity index (χ2n) is 5.33. The van der Waals surface area contributed by atoms with E-state index in [0.29, 0.717) is 5.56 Å². The number of amides is 1. The summed E-state index contributed by atoms with van der Waals surface area (Å²) in [5, 5.41) is 0.852. The summed E-state index contributed by atoms with van der Waals surface area (Å²) in [6, 6.07) is 9.05. The molecule has 20 heavy (non-hydrogen) atoms. The molecule has 0 N–H and O–H groups in total. The Morgan fingerprint density at radius 3 is 2.55 bits per heavy atom. The van der Waals surface area contributed by atoms with Gasteiger partial charge in [0.15, 0.2) is 0 Å². The number of rotatable bonds is 1. The molecule has 104 valence electrons. The molecule has 1 aliphatic heterocycles. The van der Waals surface area contributed by atoms with Gasteiger partial charge in [0.05, 0.1) is 11.1 Å². The molecular formula is C16H18N2O2. The standard InChI is InChI=1S/C16H18N2O2/c1-17-14-8-4-3-7-12(14)13(11-15(17)19)16(20)18-9-5-2-6-10-18/h3-4,7-8,11H,2,5-6,9-10H2,1H3. The first-order valence-electron chi connectivity index (χ1n) is 7.06. The smallest absolute Gasteiger partial charge is 0.254 e. The molecule has 1 aliphatic rings. The van der Waals surface area contributed by atoms with E-state index < -0.39 is 0 Å². The third-order valence-electron chi connectivity index (χ3n) is 4.03. The summed E-state index contributed by atoms with van der Waals surface area (Å²) in [4.78, 5) is 26.6. The SMILES string of the molecule is Cn1c(=O)cc(C(=O)N2CCCCC2)c2ccccc21. The topological polar surface area (TPSA) is 42.3 Å². The first kappa shape index (κ1) is 12.9. The highest BCUT2D eigenvalue weighted by atomic mass is 16.2. The molecule has 2 heterocycles. The monoisotopic (exact) mass is 270 g/mol. The third-order valence-corrected chi connectivity index (χ3v) is 4.03. The molecule has 4 nitrogen and oxygen atoms in total. The number of carbonyl (C=O) groups excluding carboxylic acids is 1. The Kier molecular flexibility index (Phi) is 3.30. The normalized spacial score (nSPS) is 15.6. The summed E-state index contributed by atoms with van der Waals surface area (Å²) in [7, 11) is 1.74. The van der Waals surface area contributed by atoms with Crippen molar-refractivity contribution in [2.75, 3.05) is 13.1 Å². The second-order valence-corrected chi connectivity index (χ2v) is 5.33. The van der Waals surface area contributed by atoms with Crippen LogP contribution in [0.25, 0.3) is 10.9 Å². The highest BCUT2D eigenvalue weighted by Gasteiger charge is 2.21. The van der Waals surface area contributed by atoms with Gasteiger partial charge in [-0.25, -0.2) is 0 Å². The Morgan fingerprint density at radius 1 is 1.10 bits per heavy atom. The van der Waals surface area contributed by atoms with Crippen molar-refractivity contribution in [3.05, 3.63) is 46.2 Å². The van der Waals surface area contributed by atoms with E-state index in [0.717, 1.165) is 36.8 Å². The largest absolute Gasteiger partial charge is 0.339 e. The Morgan fingerprint density at radius 2 is 1.80 bits per heavy atom. The van der Waals surface area contributed by atoms with Crippen LogP contribution in [0.15, 0.2) is 35.1 Å². The van der Waals surface area contributed by atoms with E-state index in [2.05, 4.69) is 0 Å². The van der Waals surface area contributed by atoms with E-state index in [9.17, 15) is 9.59 Å². The fourth-order valence-electron chi connectivity index (χ4n) is 2.85. The van der Waals surface area contributed by atoms with Crippen LogP contribution in [0, 0.1) is 0 Å². The molecule has 2 aromatic rings. The lowest BCUT2D eigenvalue weighted by molar-refractivity contribution is 0.0726. The van der Waals surface area contributed by atoms with Crippen LogP contribution >= 0.6 is 0 Å². The molecule has 0 saturated carbocycles. The van der Waals surface area contributed by atoms with Gasteiger partial charge in [-0.05, 0) is 25.3 Å². The van der Waals surface area contributed by atoms with E-state index in [4.69, 9.17) is 0 Å². The lowest BCUT2D eigenvalue weighted by Gasteiger charge is -2.27. The third kappa shape index (κ3) is 2.11. The quantitative estimate of drug-likeness (QED) is 0.797. The molecule has 0 unspecified atom stereocenters. The number of para-hydroxylation sites is 1. The summed E-state index contributed by atoms with van der Waals surface area (Å²) in [5.41, 5.74) is 1.20. The van der Waals surface area contributed by atoms with E-state index in [1.54, 1.807) is 11.6 Å². The van der Waals surface area contributed by atoms with E-state index in [-0.39, 0.29) is 11.5 Å². The Bertz CT molecular complexity index is 712. The van der Waals surface area contributed by atoms with Crippen molar-refractivity contribution in [3.63, 3.8) is 0 Å². The Balaban J connectivity index is 2.13. The highest BCUT2D eigenvalue weighted by molar-refractivity contribution is 6.06. The Labute approximate surface area is 117 Å². The van der Waals surface area contributed by atoms with Crippen LogP contribution in [0.2, 0.25) is 0 Å². The van der Waals surface area contributed by atoms with Crippen molar-refractivity contribution in [1.82, 2.24) is 9.47 Å². The van der Waals surface area contributed by atoms with Crippen LogP contribution in [-0.2, 0) is 7.05 Å². The molecular weight excluding hydrogens is 252 g/mol. The number of pyridine rings is 1. The molecule has 0 aliphatic carbocycles. The second kappa shape index (κ2) is 5.12. The molecule has 1 fully saturated rings. The van der Waals surface area contributed by atoms with Gasteiger partial charge < -0.3 is 9.47 Å². The number of benzene rings is 1. The van der Waals surface area contributed by atoms with Crippen LogP contribution in [-0.4, -0.2) is 28.5 Å². The van der Waals surface area contributed by atoms with Gasteiger partial charge in [-0.2, -0.15) is 0 Å². The maximum atomic E-state index is 12.7. The fraction of sp³-hybridized carbons (Fsp3) is 0.375. The van der Waals surface area contributed by atoms with E-state index >= 15 is 0 Å². The summed E-state index contributed by atoms with van der Waals surface area (Å²) in [5.74, 6) is -0.0152. The van der Waals surface area contributed by atoms with E-state index in [1.807, 2.05) is 29.2 Å². The van der Waals surface area contributed by atoms with Gasteiger partial charge in [-0.3, -0.25) is 9.59 Å². The minimum absolute atomic E-state index is 0.0152. The van der Waals surface area contributed by atoms with Crippen molar-refractivity contribution >= 4 is 16.8 Å². The maximum absolute atomic E-state index is 12.7. The van der Waals surface area contributed by atoms with Crippen LogP contribution in [0.1, 0.15) is 29.6 Å². The van der Waals surface area contributed by atoms with Crippen LogP contribution in [0.3, 0.4) is 0 Å². The summed E-state index contributed by atoms with van der Waals surface area (Å²) >= 11 is 0. The molecule has 0 radical (unpaired) electrons. The zero-order chi connectivity index (χ0) is 14.1. The number of piperidine rings is 1. The molecule has 1 aromatic heterocycles. The number of aryl methyl sites for hydroxylation is 1. The molecule has 3 rings (SSSR count). The number of carbonyl (C=O) groups is 1. The number of likely N-dealkylation sites (tertiary alicyclic amines) is 1. The minimum Gasteiger partial charge on any atom is -0.339 e. The van der Waals surface area contributed by atoms with Crippen molar-refractivity contribution in [1.29, 1.82) is 0 Å². The molecule has 0 atom stereocenters. The van der Waals surface area contributed by atoms with Gasteiger partial charge in [-0.1, -0.05) is 18.2 Å². The average molecular weight is 270 g/mol. The van der Waals surface area contributed by atoms with Crippen LogP contribution in [0.5, 0.6) is 0 Å². The van der Waals surface area contributed by atoms with Crippen molar-refractivity contribution in [2.24, 2.45) is 7.05 Å². The van der Waals surface area contributed by atoms with Crippen molar-refractivity contribution < 1.29 is 4.79 Å². The van der Waals surface area contributed by atoms with Gasteiger partial charge >= 0.3 is 0 Å². The van der Waals surface area contributed by atoms with Crippen LogP contribution in [0.4, 0.5) is 0 Å². The van der Waals surface area contributed by atoms with Gasteiger partial charge in [-0.15, -0.1) is 0 Å². The van der Waals surface area contributed by atoms with Gasteiger partial charge in [0.2, 0.25) is 0 Å². The van der Waals surface area contributed by atoms with Crippen molar-refractivity contribution in [2.45, 2.75) is 19.3 Å². The lowest BCUT2D eigenvalue weighted by Crippen LogP contribution is -2.36. The predicted octanol–water partition coefficient (Wildman–Crippen LogP) is 2.16. The maximum Gasteiger partial charge on any atom is 0.254 e. The highest BCUT2D eigenvalue weighted by Crippen LogP contribution is 2.20. The summed E-state index contributed by atoms with van der Waals surface area (Å²) in [6.07, 6.45) is 3.28. The first-order chi connectivity index (χ1) is 9.68. The van der Waals surface area contributed by atoms with Gasteiger partial charge in [0.25, 0.3) is 11.5 Å². The number of nitrogens with zero attached hydrogens (tertiary/aromatic N) is 2. The fourth-order valence-corrected chi connectivity index (χ4v) is 2.85. The van der Waals surface area contributed by atoms with Crippen molar-refractivity contribution in [3.8, 4) is 0 Å². The van der Waals surface area contributed by atoms with E-state index in [1.165, 1.54) is 12.5 Å². The minimum atomic E-state index is -0.135. The lowest BCUT2D eigenvalue weighted by atomic mass is 10.1. The molecule has 1 saturated heterocycles. The number of fused-ring (bicyclic) bond motifs is 1. The van der Waals surface area contributed by atoms with Gasteiger partial charge in [0.1, 0.15) is 0 Å². The summed E-state index contributed by atoms with van der Waals surface area (Å²) < 4.78 is 1.59. The zero-order valence-corrected chi connectivity index (χ0v) is 11.6. The van der Waals surface area contributed by atoms with Crippen LogP contribution < -0.4 is 5.56 Å². The summed E-state index contributed by atoms with van der Waals surface area (Å²) in [6.45, 7) is 1.59. The molecule has 0 bridgehead atoms. The first-order valence-corrected chi connectivity index (χ1v) is 7.06. The predicted molar refractivity (Wildman–Crippen MR) is 78.9 cm³/mol. The molecule has 0 spiro atoms. The van der Waals surface area contributed by atoms with Gasteiger partial charge in [0, 0.05) is 31.6 Å². The number of aromatic nitrogens is 1. The molecule has 4 heteroatoms.